The quantitative estimate of drug-likeness (QED) is 0.694. The lowest BCUT2D eigenvalue weighted by Crippen LogP contribution is -2.23. The summed E-state index contributed by atoms with van der Waals surface area (Å²) in [4.78, 5) is 31.5. The van der Waals surface area contributed by atoms with E-state index in [1.807, 2.05) is 24.3 Å². The molecule has 1 aliphatic rings. The van der Waals surface area contributed by atoms with E-state index in [9.17, 15) is 9.59 Å². The van der Waals surface area contributed by atoms with Gasteiger partial charge in [-0.1, -0.05) is 24.3 Å². The molecule has 8 heteroatoms. The van der Waals surface area contributed by atoms with Gasteiger partial charge in [0, 0.05) is 11.8 Å². The zero-order valence-electron chi connectivity index (χ0n) is 14.4. The molecule has 134 valence electrons. The molecule has 0 amide bonds. The molecule has 0 aliphatic heterocycles. The molecule has 1 aromatic carbocycles. The standard InChI is InChI=1S/C19H15N5O3/c1-20-15-6-4-3-5-10(15)11-7-12(11)13-8-16(23-24-18(13)27-2)14-9-21-19(26)22-17(14)25/h3-6,8-9,11-12H,7H2,2H3,(H2,21,22,25,26)/t11-,12+/m1/s1. The molecule has 0 saturated heterocycles. The molecular formula is C19H15N5O3. The highest BCUT2D eigenvalue weighted by Crippen LogP contribution is 2.58. The number of aromatic nitrogens is 4. The first-order valence-corrected chi connectivity index (χ1v) is 8.32. The van der Waals surface area contributed by atoms with Crippen LogP contribution in [0, 0.1) is 6.57 Å². The van der Waals surface area contributed by atoms with E-state index < -0.39 is 11.2 Å². The molecule has 0 unspecified atom stereocenters. The van der Waals surface area contributed by atoms with Gasteiger partial charge in [0.05, 0.1) is 19.2 Å². The normalized spacial score (nSPS) is 17.9. The lowest BCUT2D eigenvalue weighted by atomic mass is 10.0. The number of nitrogens with one attached hydrogen (secondary N) is 2. The first-order valence-electron chi connectivity index (χ1n) is 8.32. The Bertz CT molecular complexity index is 1170. The van der Waals surface area contributed by atoms with E-state index >= 15 is 0 Å². The lowest BCUT2D eigenvalue weighted by Gasteiger charge is -2.09. The molecule has 2 aromatic heterocycles. The highest BCUT2D eigenvalue weighted by Gasteiger charge is 2.42. The van der Waals surface area contributed by atoms with Crippen LogP contribution in [0.25, 0.3) is 16.1 Å². The van der Waals surface area contributed by atoms with Crippen LogP contribution in [0.1, 0.15) is 29.4 Å². The van der Waals surface area contributed by atoms with Crippen LogP contribution in [-0.4, -0.2) is 27.3 Å². The molecule has 0 radical (unpaired) electrons. The average molecular weight is 361 g/mol. The smallest absolute Gasteiger partial charge is 0.325 e. The summed E-state index contributed by atoms with van der Waals surface area (Å²) >= 11 is 0. The van der Waals surface area contributed by atoms with Gasteiger partial charge in [0.1, 0.15) is 5.69 Å². The Morgan fingerprint density at radius 1 is 1.19 bits per heavy atom. The maximum Gasteiger partial charge on any atom is 0.325 e. The topological polar surface area (TPSA) is 105 Å². The Morgan fingerprint density at radius 3 is 2.70 bits per heavy atom. The largest absolute Gasteiger partial charge is 0.480 e. The molecule has 0 bridgehead atoms. The molecule has 8 nitrogen and oxygen atoms in total. The van der Waals surface area contributed by atoms with Crippen LogP contribution >= 0.6 is 0 Å². The molecule has 1 aliphatic carbocycles. The molecule has 1 fully saturated rings. The predicted molar refractivity (Wildman–Crippen MR) is 98.1 cm³/mol. The van der Waals surface area contributed by atoms with E-state index in [-0.39, 0.29) is 17.4 Å². The van der Waals surface area contributed by atoms with E-state index in [0.29, 0.717) is 17.3 Å². The number of benzene rings is 1. The summed E-state index contributed by atoms with van der Waals surface area (Å²) in [7, 11) is 1.52. The summed E-state index contributed by atoms with van der Waals surface area (Å²) in [5.41, 5.74) is 1.94. The Hall–Kier alpha value is -3.73. The van der Waals surface area contributed by atoms with Crippen LogP contribution in [0.5, 0.6) is 5.88 Å². The monoisotopic (exact) mass is 361 g/mol. The molecule has 1 saturated carbocycles. The second kappa shape index (κ2) is 6.53. The van der Waals surface area contributed by atoms with E-state index in [1.54, 1.807) is 6.07 Å². The molecule has 2 heterocycles. The van der Waals surface area contributed by atoms with Crippen LogP contribution in [0.4, 0.5) is 5.69 Å². The number of ether oxygens (including phenoxy) is 1. The van der Waals surface area contributed by atoms with E-state index in [0.717, 1.165) is 17.5 Å². The van der Waals surface area contributed by atoms with Crippen molar-refractivity contribution in [1.29, 1.82) is 0 Å². The number of H-pyrrole nitrogens is 2. The van der Waals surface area contributed by atoms with Gasteiger partial charge in [0.2, 0.25) is 5.88 Å². The molecule has 2 N–H and O–H groups in total. The molecular weight excluding hydrogens is 346 g/mol. The van der Waals surface area contributed by atoms with Crippen LogP contribution in [-0.2, 0) is 0 Å². The molecule has 0 spiro atoms. The highest BCUT2D eigenvalue weighted by atomic mass is 16.5. The van der Waals surface area contributed by atoms with Crippen LogP contribution < -0.4 is 16.0 Å². The minimum atomic E-state index is -0.580. The number of para-hydroxylation sites is 1. The number of nitrogens with zero attached hydrogens (tertiary/aromatic N) is 3. The van der Waals surface area contributed by atoms with Gasteiger partial charge in [0.15, 0.2) is 5.69 Å². The third-order valence-electron chi connectivity index (χ3n) is 4.72. The fourth-order valence-electron chi connectivity index (χ4n) is 3.34. The van der Waals surface area contributed by atoms with E-state index in [4.69, 9.17) is 11.3 Å². The number of rotatable bonds is 4. The first kappa shape index (κ1) is 16.7. The lowest BCUT2D eigenvalue weighted by molar-refractivity contribution is 0.386. The Labute approximate surface area is 153 Å². The van der Waals surface area contributed by atoms with Crippen molar-refractivity contribution in [3.8, 4) is 17.1 Å². The molecule has 2 atom stereocenters. The van der Waals surface area contributed by atoms with Crippen molar-refractivity contribution < 1.29 is 4.74 Å². The SMILES string of the molecule is [C-]#[N+]c1ccccc1[C@H]1C[C@@H]1c1cc(-c2c[nH]c(=O)[nH]c2=O)nnc1OC. The van der Waals surface area contributed by atoms with Gasteiger partial charge in [-0.15, -0.1) is 10.2 Å². The Kier molecular flexibility index (Phi) is 4.05. The maximum atomic E-state index is 12.1. The van der Waals surface area contributed by atoms with Gasteiger partial charge in [0.25, 0.3) is 5.56 Å². The van der Waals surface area contributed by atoms with Crippen LogP contribution in [0.3, 0.4) is 0 Å². The van der Waals surface area contributed by atoms with Gasteiger partial charge in [-0.25, -0.2) is 9.64 Å². The van der Waals surface area contributed by atoms with Crippen LogP contribution in [0.15, 0.2) is 46.1 Å². The molecule has 4 rings (SSSR count). The third-order valence-corrected chi connectivity index (χ3v) is 4.72. The number of aromatic amines is 2. The zero-order valence-corrected chi connectivity index (χ0v) is 14.4. The van der Waals surface area contributed by atoms with Crippen molar-refractivity contribution in [1.82, 2.24) is 20.2 Å². The minimum absolute atomic E-state index is 0.124. The van der Waals surface area contributed by atoms with Crippen molar-refractivity contribution in [3.63, 3.8) is 0 Å². The summed E-state index contributed by atoms with van der Waals surface area (Å²) in [6, 6.07) is 9.31. The van der Waals surface area contributed by atoms with Crippen molar-refractivity contribution in [2.24, 2.45) is 0 Å². The fourth-order valence-corrected chi connectivity index (χ4v) is 3.34. The number of hydrogen-bond donors (Lipinski definition) is 2. The van der Waals surface area contributed by atoms with Crippen molar-refractivity contribution in [3.05, 3.63) is 79.9 Å². The Balaban J connectivity index is 1.74. The maximum absolute atomic E-state index is 12.1. The van der Waals surface area contributed by atoms with E-state index in [2.05, 4.69) is 25.0 Å². The van der Waals surface area contributed by atoms with Crippen LogP contribution in [0.2, 0.25) is 0 Å². The summed E-state index contributed by atoms with van der Waals surface area (Å²) in [5.74, 6) is 0.710. The van der Waals surface area contributed by atoms with Gasteiger partial charge < -0.3 is 9.72 Å². The van der Waals surface area contributed by atoms with Crippen molar-refractivity contribution in [2.75, 3.05) is 7.11 Å². The fraction of sp³-hybridized carbons (Fsp3) is 0.211. The zero-order chi connectivity index (χ0) is 19.0. The first-order chi connectivity index (χ1) is 13.1. The third kappa shape index (κ3) is 3.00. The van der Waals surface area contributed by atoms with Crippen molar-refractivity contribution in [2.45, 2.75) is 18.3 Å². The minimum Gasteiger partial charge on any atom is -0.480 e. The summed E-state index contributed by atoms with van der Waals surface area (Å²) < 4.78 is 5.35. The van der Waals surface area contributed by atoms with E-state index in [1.165, 1.54) is 13.3 Å². The summed E-state index contributed by atoms with van der Waals surface area (Å²) in [6.07, 6.45) is 2.18. The van der Waals surface area contributed by atoms with Gasteiger partial charge in [-0.05, 0) is 29.9 Å². The molecule has 27 heavy (non-hydrogen) atoms. The summed E-state index contributed by atoms with van der Waals surface area (Å²) in [6.45, 7) is 7.35. The van der Waals surface area contributed by atoms with Crippen molar-refractivity contribution >= 4 is 5.69 Å². The second-order valence-electron chi connectivity index (χ2n) is 6.30. The average Bonchev–Trinajstić information content (AvgIpc) is 3.48. The Morgan fingerprint density at radius 2 is 1.96 bits per heavy atom. The number of methoxy groups -OCH3 is 1. The van der Waals surface area contributed by atoms with Gasteiger partial charge >= 0.3 is 5.69 Å². The van der Waals surface area contributed by atoms with Gasteiger partial charge in [-0.3, -0.25) is 9.78 Å². The number of hydrogen-bond acceptors (Lipinski definition) is 5. The second-order valence-corrected chi connectivity index (χ2v) is 6.30. The highest BCUT2D eigenvalue weighted by molar-refractivity contribution is 5.61. The molecule has 3 aromatic rings. The summed E-state index contributed by atoms with van der Waals surface area (Å²) in [5, 5.41) is 8.14. The predicted octanol–water partition coefficient (Wildman–Crippen LogP) is 2.35. The van der Waals surface area contributed by atoms with Gasteiger partial charge in [-0.2, -0.15) is 0 Å².